The van der Waals surface area contributed by atoms with E-state index in [0.29, 0.717) is 41.9 Å². The molecule has 0 aromatic rings. The lowest BCUT2D eigenvalue weighted by atomic mass is 9.32. The first-order valence-electron chi connectivity index (χ1n) is 19.4. The van der Waals surface area contributed by atoms with Crippen molar-refractivity contribution in [1.82, 2.24) is 5.32 Å². The number of allylic oxidation sites excluding steroid dienone is 1. The van der Waals surface area contributed by atoms with Crippen molar-refractivity contribution >= 4 is 33.8 Å². The van der Waals surface area contributed by atoms with Crippen LogP contribution in [0.1, 0.15) is 144 Å². The highest BCUT2D eigenvalue weighted by Gasteiger charge is 2.72. The Morgan fingerprint density at radius 1 is 0.812 bits per heavy atom. The number of esters is 2. The van der Waals surface area contributed by atoms with Crippen molar-refractivity contribution in [3.8, 4) is 0 Å². The number of ether oxygens (including phenoxy) is 2. The van der Waals surface area contributed by atoms with Crippen molar-refractivity contribution in [3.63, 3.8) is 0 Å². The van der Waals surface area contributed by atoms with E-state index in [9.17, 15) is 14.4 Å². The molecule has 0 spiro atoms. The van der Waals surface area contributed by atoms with E-state index in [1.165, 1.54) is 38.4 Å². The summed E-state index contributed by atoms with van der Waals surface area (Å²) < 4.78 is 10.7. The molecule has 6 nitrogen and oxygen atoms in total. The number of amides is 1. The van der Waals surface area contributed by atoms with E-state index in [1.807, 2.05) is 0 Å². The number of carbonyl (C=O) groups is 3. The third-order valence-electron chi connectivity index (χ3n) is 15.9. The van der Waals surface area contributed by atoms with Crippen LogP contribution in [0.15, 0.2) is 12.2 Å². The first kappa shape index (κ1) is 37.9. The predicted octanol–water partition coefficient (Wildman–Crippen LogP) is 9.58. The van der Waals surface area contributed by atoms with E-state index in [2.05, 4.69) is 62.4 Å². The van der Waals surface area contributed by atoms with Gasteiger partial charge in [0.15, 0.2) is 0 Å². The minimum Gasteiger partial charge on any atom is -0.469 e. The van der Waals surface area contributed by atoms with Crippen molar-refractivity contribution in [1.29, 1.82) is 0 Å². The average Bonchev–Trinajstić information content (AvgIpc) is 3.44. The van der Waals surface area contributed by atoms with E-state index in [1.54, 1.807) is 6.92 Å². The van der Waals surface area contributed by atoms with Gasteiger partial charge in [-0.3, -0.25) is 14.4 Å². The standard InChI is InChI=1S/C41H66BrNO5/c1-27(26-42)29-17-22-41(36(46)43-25-13-11-9-10-12-14-34(45)47-8)24-23-39(6)30(35(29)41)15-16-32-38(5)20-19-33(48-28(2)44)37(3,4)31(38)18-21-40(32,39)7/h29-33,35H,1,9-26H2,2-8H3,(H,43,46)/t29-,30+,31-,32+,33-,35+,38-,39+,40+,41-/m0/s1. The Morgan fingerprint density at radius 2 is 1.52 bits per heavy atom. The van der Waals surface area contributed by atoms with Gasteiger partial charge in [0, 0.05) is 30.6 Å². The highest BCUT2D eigenvalue weighted by atomic mass is 79.9. The lowest BCUT2D eigenvalue weighted by Crippen LogP contribution is -2.67. The molecule has 10 atom stereocenters. The van der Waals surface area contributed by atoms with Crippen LogP contribution >= 0.6 is 15.9 Å². The second-order valence-electron chi connectivity index (χ2n) is 18.1. The summed E-state index contributed by atoms with van der Waals surface area (Å²) in [6.45, 7) is 19.5. The Hall–Kier alpha value is -1.37. The van der Waals surface area contributed by atoms with Gasteiger partial charge >= 0.3 is 11.9 Å². The van der Waals surface area contributed by atoms with Gasteiger partial charge in [0.1, 0.15) is 6.10 Å². The molecule has 5 fully saturated rings. The molecule has 0 unspecified atom stereocenters. The molecule has 5 rings (SSSR count). The van der Waals surface area contributed by atoms with Crippen molar-refractivity contribution < 1.29 is 23.9 Å². The zero-order valence-corrected chi connectivity index (χ0v) is 32.9. The van der Waals surface area contributed by atoms with Gasteiger partial charge in [-0.05, 0) is 123 Å². The van der Waals surface area contributed by atoms with E-state index in [-0.39, 0.29) is 45.1 Å². The SMILES string of the molecule is C=C(CBr)[C@@H]1CC[C@]2(C(=O)NCCCCCCCC(=O)OC)CC[C@]3(C)[C@H](CC[C@@H]4[C@@]5(C)CC[C@H](OC(C)=O)C(C)(C)[C@@H]5CC[C@]43C)[C@@H]12. The maximum Gasteiger partial charge on any atom is 0.305 e. The molecule has 1 N–H and O–H groups in total. The summed E-state index contributed by atoms with van der Waals surface area (Å²) in [5.74, 6) is 2.45. The molecule has 0 aromatic carbocycles. The number of halogens is 1. The molecule has 5 aliphatic carbocycles. The lowest BCUT2D eigenvalue weighted by Gasteiger charge is -2.72. The van der Waals surface area contributed by atoms with E-state index >= 15 is 0 Å². The third kappa shape index (κ3) is 6.25. The van der Waals surface area contributed by atoms with Crippen LogP contribution in [0.2, 0.25) is 0 Å². The third-order valence-corrected chi connectivity index (χ3v) is 16.6. The zero-order chi connectivity index (χ0) is 35.1. The Morgan fingerprint density at radius 3 is 2.21 bits per heavy atom. The van der Waals surface area contributed by atoms with Gasteiger partial charge in [-0.2, -0.15) is 0 Å². The van der Waals surface area contributed by atoms with E-state index < -0.39 is 0 Å². The molecular formula is C41H66BrNO5. The highest BCUT2D eigenvalue weighted by Crippen LogP contribution is 2.77. The molecule has 5 aliphatic rings. The van der Waals surface area contributed by atoms with Gasteiger partial charge in [0.05, 0.1) is 12.5 Å². The van der Waals surface area contributed by atoms with Crippen molar-refractivity contribution in [2.24, 2.45) is 56.7 Å². The minimum absolute atomic E-state index is 0.000698. The average molecular weight is 733 g/mol. The number of unbranched alkanes of at least 4 members (excludes halogenated alkanes) is 4. The molecular weight excluding hydrogens is 666 g/mol. The van der Waals surface area contributed by atoms with Crippen molar-refractivity contribution in [2.75, 3.05) is 19.0 Å². The van der Waals surface area contributed by atoms with Crippen LogP contribution in [-0.4, -0.2) is 42.9 Å². The first-order chi connectivity index (χ1) is 22.6. The van der Waals surface area contributed by atoms with Gasteiger partial charge in [0.25, 0.3) is 0 Å². The fourth-order valence-electron chi connectivity index (χ4n) is 13.3. The smallest absolute Gasteiger partial charge is 0.305 e. The minimum atomic E-state index is -0.297. The van der Waals surface area contributed by atoms with Gasteiger partial charge < -0.3 is 14.8 Å². The number of alkyl halides is 1. The van der Waals surface area contributed by atoms with Gasteiger partial charge in [-0.1, -0.05) is 82.0 Å². The molecule has 7 heteroatoms. The molecule has 272 valence electrons. The summed E-state index contributed by atoms with van der Waals surface area (Å²) >= 11 is 3.77. The number of nitrogens with one attached hydrogen (secondary N) is 1. The van der Waals surface area contributed by atoms with Crippen LogP contribution in [0.4, 0.5) is 0 Å². The Bertz CT molecular complexity index is 1230. The van der Waals surface area contributed by atoms with Crippen LogP contribution in [0, 0.1) is 56.7 Å². The predicted molar refractivity (Wildman–Crippen MR) is 195 cm³/mol. The number of fused-ring (bicyclic) bond motifs is 7. The quantitative estimate of drug-likeness (QED) is 0.0936. The first-order valence-corrected chi connectivity index (χ1v) is 20.5. The number of rotatable bonds is 12. The molecule has 0 aromatic heterocycles. The Balaban J connectivity index is 1.33. The maximum atomic E-state index is 14.4. The number of hydrogen-bond acceptors (Lipinski definition) is 5. The maximum absolute atomic E-state index is 14.4. The molecule has 0 bridgehead atoms. The summed E-state index contributed by atoms with van der Waals surface area (Å²) in [4.78, 5) is 37.9. The molecule has 5 saturated carbocycles. The summed E-state index contributed by atoms with van der Waals surface area (Å²) in [7, 11) is 1.45. The second-order valence-corrected chi connectivity index (χ2v) is 18.7. The number of carbonyl (C=O) groups excluding carboxylic acids is 3. The molecule has 0 saturated heterocycles. The summed E-state index contributed by atoms with van der Waals surface area (Å²) in [6, 6.07) is 0. The highest BCUT2D eigenvalue weighted by molar-refractivity contribution is 9.09. The summed E-state index contributed by atoms with van der Waals surface area (Å²) in [6.07, 6.45) is 16.6. The van der Waals surface area contributed by atoms with Crippen LogP contribution in [-0.2, 0) is 23.9 Å². The van der Waals surface area contributed by atoms with Crippen LogP contribution < -0.4 is 5.32 Å². The van der Waals surface area contributed by atoms with Gasteiger partial charge in [0.2, 0.25) is 5.91 Å². The van der Waals surface area contributed by atoms with Crippen LogP contribution in [0.25, 0.3) is 0 Å². The van der Waals surface area contributed by atoms with Crippen molar-refractivity contribution in [2.45, 2.75) is 150 Å². The zero-order valence-electron chi connectivity index (χ0n) is 31.3. The van der Waals surface area contributed by atoms with E-state index in [4.69, 9.17) is 9.47 Å². The monoisotopic (exact) mass is 731 g/mol. The van der Waals surface area contributed by atoms with Gasteiger partial charge in [-0.25, -0.2) is 0 Å². The Kier molecular flexibility index (Phi) is 11.3. The molecule has 0 radical (unpaired) electrons. The van der Waals surface area contributed by atoms with Crippen molar-refractivity contribution in [3.05, 3.63) is 12.2 Å². The molecule has 1 amide bonds. The fraction of sp³-hybridized carbons (Fsp3) is 0.878. The lowest BCUT2D eigenvalue weighted by molar-refractivity contribution is -0.248. The van der Waals surface area contributed by atoms with Crippen LogP contribution in [0.3, 0.4) is 0 Å². The topological polar surface area (TPSA) is 81.7 Å². The fourth-order valence-corrected chi connectivity index (χ4v) is 13.7. The number of methoxy groups -OCH3 is 1. The molecule has 0 aliphatic heterocycles. The second kappa shape index (κ2) is 14.3. The largest absolute Gasteiger partial charge is 0.469 e. The molecule has 48 heavy (non-hydrogen) atoms. The summed E-state index contributed by atoms with van der Waals surface area (Å²) in [5.41, 5.74) is 1.55. The van der Waals surface area contributed by atoms with Gasteiger partial charge in [-0.15, -0.1) is 0 Å². The number of hydrogen-bond donors (Lipinski definition) is 1. The molecule has 0 heterocycles. The van der Waals surface area contributed by atoms with E-state index in [0.717, 1.165) is 82.5 Å². The normalized spacial score (nSPS) is 41.2. The summed E-state index contributed by atoms with van der Waals surface area (Å²) in [5, 5.41) is 4.27. The van der Waals surface area contributed by atoms with Crippen LogP contribution in [0.5, 0.6) is 0 Å². The Labute approximate surface area is 300 Å².